The van der Waals surface area contributed by atoms with Gasteiger partial charge in [-0.05, 0) is 22.0 Å². The fourth-order valence-corrected chi connectivity index (χ4v) is 3.67. The van der Waals surface area contributed by atoms with Crippen LogP contribution >= 0.6 is 15.9 Å². The summed E-state index contributed by atoms with van der Waals surface area (Å²) in [6, 6.07) is 4.55. The van der Waals surface area contributed by atoms with Crippen LogP contribution in [0.2, 0.25) is 0 Å². The van der Waals surface area contributed by atoms with Gasteiger partial charge in [0.1, 0.15) is 11.0 Å². The minimum absolute atomic E-state index is 0.0370. The number of nitrogens with two attached hydrogens (primary N) is 1. The quantitative estimate of drug-likeness (QED) is 0.557. The van der Waals surface area contributed by atoms with Gasteiger partial charge in [-0.3, -0.25) is 4.57 Å². The summed E-state index contributed by atoms with van der Waals surface area (Å²) in [5.41, 5.74) is -0.127. The van der Waals surface area contributed by atoms with E-state index in [-0.39, 0.29) is 50.3 Å². The number of aromatic nitrogens is 3. The van der Waals surface area contributed by atoms with Gasteiger partial charge in [0.25, 0.3) is 11.8 Å². The summed E-state index contributed by atoms with van der Waals surface area (Å²) in [6.07, 6.45) is 1.10. The molecule has 0 aliphatic carbocycles. The van der Waals surface area contributed by atoms with Crippen molar-refractivity contribution in [2.24, 2.45) is 5.14 Å². The summed E-state index contributed by atoms with van der Waals surface area (Å²) in [7, 11) is -1.59. The first kappa shape index (κ1) is 20.8. The minimum atomic E-state index is -4.18. The fraction of sp³-hybridized carbons (Fsp3) is 0.188. The first-order valence-electron chi connectivity index (χ1n) is 7.75. The second-order valence-corrected chi connectivity index (χ2v) is 7.87. The van der Waals surface area contributed by atoms with Gasteiger partial charge >= 0.3 is 0 Å². The molecule has 3 aromatic rings. The molecule has 0 saturated carbocycles. The van der Waals surface area contributed by atoms with Gasteiger partial charge in [0, 0.05) is 11.6 Å². The van der Waals surface area contributed by atoms with Crippen molar-refractivity contribution in [1.29, 1.82) is 5.26 Å². The molecule has 10 nitrogen and oxygen atoms in total. The highest BCUT2D eigenvalue weighted by molar-refractivity contribution is 9.10. The van der Waals surface area contributed by atoms with Crippen LogP contribution in [0, 0.1) is 17.1 Å². The Morgan fingerprint density at radius 1 is 1.28 bits per heavy atom. The number of fused-ring (bicyclic) bond motifs is 1. The van der Waals surface area contributed by atoms with Crippen LogP contribution in [0.4, 0.5) is 4.39 Å². The monoisotopic (exact) mass is 485 g/mol. The van der Waals surface area contributed by atoms with Crippen LogP contribution in [-0.4, -0.2) is 43.8 Å². The van der Waals surface area contributed by atoms with Crippen molar-refractivity contribution in [1.82, 2.24) is 14.5 Å². The molecule has 13 heteroatoms. The average molecular weight is 486 g/mol. The molecule has 0 saturated heterocycles. The molecule has 2 N–H and O–H groups in total. The van der Waals surface area contributed by atoms with Crippen LogP contribution in [0.1, 0.15) is 0 Å². The summed E-state index contributed by atoms with van der Waals surface area (Å²) in [6.45, 7) is -0.320. The standard InChI is InChI=1S/C16H13BrFN5O5S/c1-26-14-13(28-6-5-19)15(27-2)22-16(21-14)23-7-10(29(20,24)25)8-3-4-9(17)11(18)12(8)23/h3-4,7H,6H2,1-2H3,(H2,20,24,25). The Bertz CT molecular complexity index is 1230. The van der Waals surface area contributed by atoms with E-state index in [4.69, 9.17) is 24.6 Å². The maximum atomic E-state index is 14.9. The number of nitriles is 1. The van der Waals surface area contributed by atoms with Crippen LogP contribution in [-0.2, 0) is 10.0 Å². The average Bonchev–Trinajstić information content (AvgIpc) is 3.09. The summed E-state index contributed by atoms with van der Waals surface area (Å²) >= 11 is 3.07. The van der Waals surface area contributed by atoms with Crippen molar-refractivity contribution in [3.05, 3.63) is 28.6 Å². The number of methoxy groups -OCH3 is 2. The first-order valence-corrected chi connectivity index (χ1v) is 10.1. The highest BCUT2D eigenvalue weighted by atomic mass is 79.9. The molecule has 0 aliphatic rings. The Hall–Kier alpha value is -2.95. The smallest absolute Gasteiger partial charge is 0.266 e. The molecule has 2 aromatic heterocycles. The summed E-state index contributed by atoms with van der Waals surface area (Å²) in [5.74, 6) is -1.15. The molecule has 1 aromatic carbocycles. The third-order valence-corrected chi connectivity index (χ3v) is 5.35. The molecule has 0 fully saturated rings. The topological polar surface area (TPSA) is 142 Å². The molecule has 29 heavy (non-hydrogen) atoms. The van der Waals surface area contributed by atoms with E-state index in [9.17, 15) is 12.8 Å². The molecule has 0 spiro atoms. The molecular formula is C16H13BrFN5O5S. The van der Waals surface area contributed by atoms with E-state index in [1.54, 1.807) is 6.07 Å². The number of halogens is 2. The number of hydrogen-bond donors (Lipinski definition) is 1. The number of sulfonamides is 1. The number of hydrogen-bond acceptors (Lipinski definition) is 8. The molecule has 0 unspecified atom stereocenters. The van der Waals surface area contributed by atoms with E-state index in [2.05, 4.69) is 25.9 Å². The highest BCUT2D eigenvalue weighted by Crippen LogP contribution is 2.37. The van der Waals surface area contributed by atoms with Crippen molar-refractivity contribution in [3.8, 4) is 29.5 Å². The largest absolute Gasteiger partial charge is 0.478 e. The van der Waals surface area contributed by atoms with E-state index < -0.39 is 15.8 Å². The molecule has 2 heterocycles. The predicted octanol–water partition coefficient (Wildman–Crippen LogP) is 1.89. The first-order chi connectivity index (χ1) is 13.7. The van der Waals surface area contributed by atoms with Crippen molar-refractivity contribution in [2.75, 3.05) is 20.8 Å². The maximum absolute atomic E-state index is 14.9. The zero-order chi connectivity index (χ0) is 21.3. The van der Waals surface area contributed by atoms with Gasteiger partial charge in [-0.1, -0.05) is 6.07 Å². The van der Waals surface area contributed by atoms with Crippen LogP contribution in [0.15, 0.2) is 27.7 Å². The van der Waals surface area contributed by atoms with Crippen molar-refractivity contribution in [3.63, 3.8) is 0 Å². The van der Waals surface area contributed by atoms with Crippen LogP contribution in [0.25, 0.3) is 16.9 Å². The molecule has 3 rings (SSSR count). The third-order valence-electron chi connectivity index (χ3n) is 3.80. The number of ether oxygens (including phenoxy) is 3. The third kappa shape index (κ3) is 3.69. The van der Waals surface area contributed by atoms with Crippen molar-refractivity contribution >= 4 is 36.9 Å². The van der Waals surface area contributed by atoms with Crippen molar-refractivity contribution in [2.45, 2.75) is 4.90 Å². The number of primary sulfonamides is 1. The number of nitrogens with zero attached hydrogens (tertiary/aromatic N) is 4. The zero-order valence-corrected chi connectivity index (χ0v) is 17.4. The van der Waals surface area contributed by atoms with Gasteiger partial charge in [-0.2, -0.15) is 15.2 Å². The van der Waals surface area contributed by atoms with Gasteiger partial charge in [0.05, 0.1) is 24.2 Å². The van der Waals surface area contributed by atoms with Gasteiger partial charge in [0.15, 0.2) is 12.4 Å². The molecular weight excluding hydrogens is 473 g/mol. The maximum Gasteiger partial charge on any atom is 0.266 e. The lowest BCUT2D eigenvalue weighted by atomic mass is 10.2. The van der Waals surface area contributed by atoms with Crippen molar-refractivity contribution < 1.29 is 27.0 Å². The van der Waals surface area contributed by atoms with E-state index in [1.165, 1.54) is 26.4 Å². The Morgan fingerprint density at radius 2 is 1.90 bits per heavy atom. The fourth-order valence-electron chi connectivity index (χ4n) is 2.62. The Morgan fingerprint density at radius 3 is 2.41 bits per heavy atom. The normalized spacial score (nSPS) is 11.3. The molecule has 0 amide bonds. The summed E-state index contributed by atoms with van der Waals surface area (Å²) in [5, 5.41) is 14.0. The highest BCUT2D eigenvalue weighted by Gasteiger charge is 2.25. The molecule has 0 aliphatic heterocycles. The minimum Gasteiger partial charge on any atom is -0.478 e. The van der Waals surface area contributed by atoms with Gasteiger partial charge in [0.2, 0.25) is 21.7 Å². The zero-order valence-electron chi connectivity index (χ0n) is 15.0. The predicted molar refractivity (Wildman–Crippen MR) is 102 cm³/mol. The molecule has 152 valence electrons. The van der Waals surface area contributed by atoms with E-state index >= 15 is 0 Å². The van der Waals surface area contributed by atoms with Crippen LogP contribution in [0.5, 0.6) is 17.5 Å². The molecule has 0 atom stereocenters. The SMILES string of the molecule is COc1nc(-n2cc(S(N)(=O)=O)c3ccc(Br)c(F)c32)nc(OC)c1OCC#N. The van der Waals surface area contributed by atoms with Gasteiger partial charge in [-0.15, -0.1) is 0 Å². The Balaban J connectivity index is 2.37. The molecule has 0 radical (unpaired) electrons. The Kier molecular flexibility index (Phi) is 5.60. The molecule has 0 bridgehead atoms. The lowest BCUT2D eigenvalue weighted by molar-refractivity contribution is 0.288. The van der Waals surface area contributed by atoms with E-state index in [1.807, 2.05) is 0 Å². The van der Waals surface area contributed by atoms with E-state index in [0.29, 0.717) is 0 Å². The number of rotatable bonds is 6. The second kappa shape index (κ2) is 7.82. The number of benzene rings is 1. The summed E-state index contributed by atoms with van der Waals surface area (Å²) < 4.78 is 55.6. The second-order valence-electron chi connectivity index (χ2n) is 5.48. The Labute approximate surface area is 172 Å². The summed E-state index contributed by atoms with van der Waals surface area (Å²) in [4.78, 5) is 7.96. The lowest BCUT2D eigenvalue weighted by Crippen LogP contribution is -2.11. The van der Waals surface area contributed by atoms with Gasteiger partial charge < -0.3 is 14.2 Å². The van der Waals surface area contributed by atoms with Crippen LogP contribution in [0.3, 0.4) is 0 Å². The van der Waals surface area contributed by atoms with Crippen LogP contribution < -0.4 is 19.3 Å². The van der Waals surface area contributed by atoms with E-state index in [0.717, 1.165) is 10.8 Å². The van der Waals surface area contributed by atoms with Gasteiger partial charge in [-0.25, -0.2) is 17.9 Å². The lowest BCUT2D eigenvalue weighted by Gasteiger charge is -2.13.